The van der Waals surface area contributed by atoms with Crippen LogP contribution in [0.1, 0.15) is 7.43 Å². The first-order chi connectivity index (χ1) is 7.41. The second kappa shape index (κ2) is 17.2. The number of ether oxygens (including phenoxy) is 5. The Morgan fingerprint density at radius 3 is 1.00 bits per heavy atom. The van der Waals surface area contributed by atoms with Crippen molar-refractivity contribution in [3.8, 4) is 0 Å². The highest BCUT2D eigenvalue weighted by molar-refractivity contribution is 4.34. The molecule has 100 valence electrons. The van der Waals surface area contributed by atoms with Gasteiger partial charge in [-0.25, -0.2) is 0 Å². The Hall–Kier alpha value is -0.200. The average Bonchev–Trinajstić information content (AvgIpc) is 2.26. The molecule has 0 aliphatic carbocycles. The van der Waals surface area contributed by atoms with Crippen LogP contribution in [-0.2, 0) is 23.7 Å². The highest BCUT2D eigenvalue weighted by Gasteiger charge is 1.91. The van der Waals surface area contributed by atoms with Crippen molar-refractivity contribution in [3.05, 3.63) is 0 Å². The minimum atomic E-state index is 0. The molecule has 0 amide bonds. The molecule has 0 bridgehead atoms. The van der Waals surface area contributed by atoms with E-state index in [9.17, 15) is 0 Å². The highest BCUT2D eigenvalue weighted by atomic mass is 16.6. The third-order valence-corrected chi connectivity index (χ3v) is 1.61. The van der Waals surface area contributed by atoms with Crippen LogP contribution < -0.4 is 0 Å². The molecule has 0 saturated carbocycles. The van der Waals surface area contributed by atoms with Crippen molar-refractivity contribution in [2.24, 2.45) is 0 Å². The van der Waals surface area contributed by atoms with Gasteiger partial charge in [0.1, 0.15) is 0 Å². The Labute approximate surface area is 99.0 Å². The molecule has 0 aliphatic heterocycles. The first kappa shape index (κ1) is 18.2. The lowest BCUT2D eigenvalue weighted by Gasteiger charge is -2.06. The molecule has 0 fully saturated rings. The SMILES string of the molecule is C.COCCOCCOCCOCCOC. The number of methoxy groups -OCH3 is 2. The molecule has 0 aromatic carbocycles. The maximum atomic E-state index is 5.26. The van der Waals surface area contributed by atoms with Gasteiger partial charge >= 0.3 is 0 Å². The zero-order chi connectivity index (χ0) is 11.2. The summed E-state index contributed by atoms with van der Waals surface area (Å²) in [5.41, 5.74) is 0. The van der Waals surface area contributed by atoms with E-state index in [4.69, 9.17) is 23.7 Å². The zero-order valence-corrected chi connectivity index (χ0v) is 9.70. The third-order valence-electron chi connectivity index (χ3n) is 1.61. The average molecular weight is 238 g/mol. The molecular formula is C11H26O5. The summed E-state index contributed by atoms with van der Waals surface area (Å²) in [7, 11) is 3.30. The molecular weight excluding hydrogens is 212 g/mol. The van der Waals surface area contributed by atoms with E-state index in [1.54, 1.807) is 14.2 Å². The van der Waals surface area contributed by atoms with Crippen molar-refractivity contribution in [2.75, 3.05) is 67.1 Å². The van der Waals surface area contributed by atoms with Crippen molar-refractivity contribution in [1.29, 1.82) is 0 Å². The molecule has 5 nitrogen and oxygen atoms in total. The number of hydrogen-bond acceptors (Lipinski definition) is 5. The molecule has 0 saturated heterocycles. The Morgan fingerprint density at radius 1 is 0.500 bits per heavy atom. The van der Waals surface area contributed by atoms with Crippen LogP contribution in [-0.4, -0.2) is 67.1 Å². The van der Waals surface area contributed by atoms with Gasteiger partial charge in [-0.2, -0.15) is 0 Å². The van der Waals surface area contributed by atoms with Crippen LogP contribution in [0.5, 0.6) is 0 Å². The van der Waals surface area contributed by atoms with Gasteiger partial charge in [-0.3, -0.25) is 0 Å². The number of hydrogen-bond donors (Lipinski definition) is 0. The van der Waals surface area contributed by atoms with E-state index in [0.29, 0.717) is 52.9 Å². The molecule has 0 heterocycles. The quantitative estimate of drug-likeness (QED) is 0.474. The summed E-state index contributed by atoms with van der Waals surface area (Å²) in [6, 6.07) is 0. The molecule has 0 atom stereocenters. The van der Waals surface area contributed by atoms with Gasteiger partial charge in [-0.1, -0.05) is 7.43 Å². The Bertz CT molecular complexity index is 98.5. The lowest BCUT2D eigenvalue weighted by Crippen LogP contribution is -2.12. The van der Waals surface area contributed by atoms with Crippen molar-refractivity contribution in [1.82, 2.24) is 0 Å². The summed E-state index contributed by atoms with van der Waals surface area (Å²) < 4.78 is 25.3. The van der Waals surface area contributed by atoms with Gasteiger partial charge in [0.15, 0.2) is 0 Å². The van der Waals surface area contributed by atoms with Crippen molar-refractivity contribution in [3.63, 3.8) is 0 Å². The van der Waals surface area contributed by atoms with Crippen molar-refractivity contribution < 1.29 is 23.7 Å². The van der Waals surface area contributed by atoms with Gasteiger partial charge in [-0.05, 0) is 0 Å². The van der Waals surface area contributed by atoms with E-state index in [1.165, 1.54) is 0 Å². The molecule has 16 heavy (non-hydrogen) atoms. The van der Waals surface area contributed by atoms with Gasteiger partial charge in [0.25, 0.3) is 0 Å². The molecule has 0 N–H and O–H groups in total. The maximum Gasteiger partial charge on any atom is 0.0701 e. The molecule has 0 radical (unpaired) electrons. The smallest absolute Gasteiger partial charge is 0.0701 e. The van der Waals surface area contributed by atoms with Gasteiger partial charge in [0.2, 0.25) is 0 Å². The summed E-state index contributed by atoms with van der Waals surface area (Å²) in [5.74, 6) is 0. The Balaban J connectivity index is 0. The van der Waals surface area contributed by atoms with E-state index in [1.807, 2.05) is 0 Å². The predicted molar refractivity (Wildman–Crippen MR) is 62.9 cm³/mol. The maximum absolute atomic E-state index is 5.26. The Morgan fingerprint density at radius 2 is 0.750 bits per heavy atom. The molecule has 0 aliphatic rings. The minimum absolute atomic E-state index is 0. The largest absolute Gasteiger partial charge is 0.382 e. The van der Waals surface area contributed by atoms with Gasteiger partial charge in [-0.15, -0.1) is 0 Å². The predicted octanol–water partition coefficient (Wildman–Crippen LogP) is 0.965. The van der Waals surface area contributed by atoms with Crippen LogP contribution in [0.2, 0.25) is 0 Å². The van der Waals surface area contributed by atoms with E-state index in [2.05, 4.69) is 0 Å². The van der Waals surface area contributed by atoms with Gasteiger partial charge in [0, 0.05) is 14.2 Å². The normalized spacial score (nSPS) is 10.1. The Kier molecular flexibility index (Phi) is 19.5. The molecule has 0 aromatic rings. The van der Waals surface area contributed by atoms with Crippen LogP contribution in [0.25, 0.3) is 0 Å². The lowest BCUT2D eigenvalue weighted by atomic mass is 10.7. The molecule has 5 heteroatoms. The van der Waals surface area contributed by atoms with E-state index in [-0.39, 0.29) is 7.43 Å². The van der Waals surface area contributed by atoms with E-state index in [0.717, 1.165) is 0 Å². The summed E-state index contributed by atoms with van der Waals surface area (Å²) in [5, 5.41) is 0. The van der Waals surface area contributed by atoms with Gasteiger partial charge in [0.05, 0.1) is 52.9 Å². The minimum Gasteiger partial charge on any atom is -0.382 e. The van der Waals surface area contributed by atoms with Crippen LogP contribution in [0.15, 0.2) is 0 Å². The van der Waals surface area contributed by atoms with Gasteiger partial charge < -0.3 is 23.7 Å². The summed E-state index contributed by atoms with van der Waals surface area (Å²) in [6.07, 6.45) is 0. The third kappa shape index (κ3) is 16.2. The van der Waals surface area contributed by atoms with Crippen LogP contribution >= 0.6 is 0 Å². The molecule has 0 unspecified atom stereocenters. The first-order valence-electron chi connectivity index (χ1n) is 5.13. The fraction of sp³-hybridized carbons (Fsp3) is 1.00. The summed E-state index contributed by atoms with van der Waals surface area (Å²) in [6.45, 7) is 4.87. The second-order valence-corrected chi connectivity index (χ2v) is 2.82. The monoisotopic (exact) mass is 238 g/mol. The van der Waals surface area contributed by atoms with Crippen LogP contribution in [0, 0.1) is 0 Å². The fourth-order valence-electron chi connectivity index (χ4n) is 0.826. The molecule has 0 spiro atoms. The standard InChI is InChI=1S/C10H22O5.CH4/c1-11-3-5-13-7-9-15-10-8-14-6-4-12-2;/h3-10H2,1-2H3;1H4. The topological polar surface area (TPSA) is 46.2 Å². The van der Waals surface area contributed by atoms with E-state index < -0.39 is 0 Å². The highest BCUT2D eigenvalue weighted by Crippen LogP contribution is 1.81. The van der Waals surface area contributed by atoms with Crippen LogP contribution in [0.4, 0.5) is 0 Å². The lowest BCUT2D eigenvalue weighted by molar-refractivity contribution is -0.00380. The summed E-state index contributed by atoms with van der Waals surface area (Å²) in [4.78, 5) is 0. The van der Waals surface area contributed by atoms with Crippen LogP contribution in [0.3, 0.4) is 0 Å². The van der Waals surface area contributed by atoms with Crippen molar-refractivity contribution >= 4 is 0 Å². The first-order valence-corrected chi connectivity index (χ1v) is 5.13. The molecule has 0 rings (SSSR count). The van der Waals surface area contributed by atoms with E-state index >= 15 is 0 Å². The van der Waals surface area contributed by atoms with Crippen molar-refractivity contribution in [2.45, 2.75) is 7.43 Å². The fourth-order valence-corrected chi connectivity index (χ4v) is 0.826. The summed E-state index contributed by atoms with van der Waals surface area (Å²) >= 11 is 0. The molecule has 0 aromatic heterocycles. The number of rotatable bonds is 12. The zero-order valence-electron chi connectivity index (χ0n) is 9.70. The second-order valence-electron chi connectivity index (χ2n) is 2.82.